The molecule has 2 aromatic rings. The lowest BCUT2D eigenvalue weighted by molar-refractivity contribution is 1.27. The van der Waals surface area contributed by atoms with Crippen LogP contribution in [-0.2, 0) is 0 Å². The van der Waals surface area contributed by atoms with Crippen molar-refractivity contribution < 1.29 is 0 Å². The Morgan fingerprint density at radius 2 is 1.73 bits per heavy atom. The van der Waals surface area contributed by atoms with Crippen molar-refractivity contribution in [3.8, 4) is 11.3 Å². The van der Waals surface area contributed by atoms with Crippen LogP contribution in [0.3, 0.4) is 0 Å². The van der Waals surface area contributed by atoms with E-state index in [9.17, 15) is 0 Å². The molecule has 0 saturated heterocycles. The number of aryl methyl sites for hydroxylation is 2. The van der Waals surface area contributed by atoms with Gasteiger partial charge in [0.2, 0.25) is 0 Å². The Balaban J connectivity index is 2.53. The van der Waals surface area contributed by atoms with Gasteiger partial charge in [-0.2, -0.15) is 0 Å². The van der Waals surface area contributed by atoms with Gasteiger partial charge in [-0.25, -0.2) is 0 Å². The smallest absolute Gasteiger partial charge is 0.0717 e. The van der Waals surface area contributed by atoms with Crippen molar-refractivity contribution in [3.05, 3.63) is 52.7 Å². The Morgan fingerprint density at radius 3 is 2.40 bits per heavy atom. The van der Waals surface area contributed by atoms with Crippen LogP contribution in [-0.4, -0.2) is 4.98 Å². The highest BCUT2D eigenvalue weighted by atomic mass is 35.5. The van der Waals surface area contributed by atoms with Gasteiger partial charge in [0.1, 0.15) is 0 Å². The van der Waals surface area contributed by atoms with Gasteiger partial charge in [-0.15, -0.1) is 0 Å². The molecule has 0 saturated carbocycles. The number of rotatable bonds is 1. The Labute approximate surface area is 94.7 Å². The van der Waals surface area contributed by atoms with E-state index in [-0.39, 0.29) is 0 Å². The molecule has 1 nitrogen and oxygen atoms in total. The lowest BCUT2D eigenvalue weighted by atomic mass is 10.1. The molecule has 15 heavy (non-hydrogen) atoms. The summed E-state index contributed by atoms with van der Waals surface area (Å²) in [6, 6.07) is 10.0. The Bertz CT molecular complexity index is 474. The summed E-state index contributed by atoms with van der Waals surface area (Å²) in [6.45, 7) is 4.07. The molecular weight excluding hydrogens is 206 g/mol. The van der Waals surface area contributed by atoms with Gasteiger partial charge in [0.05, 0.1) is 5.69 Å². The Morgan fingerprint density at radius 1 is 1.00 bits per heavy atom. The van der Waals surface area contributed by atoms with Crippen LogP contribution >= 0.6 is 11.6 Å². The molecule has 0 atom stereocenters. The summed E-state index contributed by atoms with van der Waals surface area (Å²) >= 11 is 6.13. The van der Waals surface area contributed by atoms with Crippen LogP contribution in [0.15, 0.2) is 36.5 Å². The molecule has 0 spiro atoms. The summed E-state index contributed by atoms with van der Waals surface area (Å²) in [5, 5.41) is 0.747. The van der Waals surface area contributed by atoms with E-state index in [2.05, 4.69) is 11.1 Å². The van der Waals surface area contributed by atoms with Crippen LogP contribution in [0.4, 0.5) is 0 Å². The molecule has 0 aliphatic heterocycles. The van der Waals surface area contributed by atoms with Gasteiger partial charge < -0.3 is 0 Å². The third kappa shape index (κ3) is 2.18. The van der Waals surface area contributed by atoms with Crippen molar-refractivity contribution in [1.82, 2.24) is 4.98 Å². The minimum atomic E-state index is 0.747. The second-order valence-corrected chi connectivity index (χ2v) is 4.11. The first-order chi connectivity index (χ1) is 7.16. The highest BCUT2D eigenvalue weighted by molar-refractivity contribution is 6.33. The fraction of sp³-hybridized carbons (Fsp3) is 0.154. The van der Waals surface area contributed by atoms with Gasteiger partial charge in [0, 0.05) is 16.8 Å². The van der Waals surface area contributed by atoms with E-state index in [0.29, 0.717) is 0 Å². The summed E-state index contributed by atoms with van der Waals surface area (Å²) in [5.74, 6) is 0. The van der Waals surface area contributed by atoms with Crippen LogP contribution in [0.2, 0.25) is 5.02 Å². The summed E-state index contributed by atoms with van der Waals surface area (Å²) < 4.78 is 0. The molecule has 2 heteroatoms. The monoisotopic (exact) mass is 217 g/mol. The summed E-state index contributed by atoms with van der Waals surface area (Å²) in [7, 11) is 0. The van der Waals surface area contributed by atoms with Crippen molar-refractivity contribution >= 4 is 11.6 Å². The second kappa shape index (κ2) is 4.03. The van der Waals surface area contributed by atoms with Gasteiger partial charge in [-0.05, 0) is 37.6 Å². The van der Waals surface area contributed by atoms with E-state index < -0.39 is 0 Å². The zero-order valence-electron chi connectivity index (χ0n) is 8.79. The molecule has 0 aliphatic carbocycles. The molecule has 0 radical (unpaired) electrons. The normalized spacial score (nSPS) is 10.3. The molecule has 0 unspecified atom stereocenters. The number of aromatic nitrogens is 1. The van der Waals surface area contributed by atoms with Crippen LogP contribution in [0, 0.1) is 13.8 Å². The quantitative estimate of drug-likeness (QED) is 0.703. The fourth-order valence-electron chi connectivity index (χ4n) is 1.46. The summed E-state index contributed by atoms with van der Waals surface area (Å²) in [6.07, 6.45) is 1.86. The maximum atomic E-state index is 6.13. The number of benzene rings is 1. The first kappa shape index (κ1) is 10.2. The van der Waals surface area contributed by atoms with Gasteiger partial charge in [0.25, 0.3) is 0 Å². The van der Waals surface area contributed by atoms with Crippen LogP contribution in [0.25, 0.3) is 11.3 Å². The molecule has 1 aromatic heterocycles. The SMILES string of the molecule is Cc1ccc(-c2cc(C)ccc2Cl)nc1. The molecule has 0 N–H and O–H groups in total. The van der Waals surface area contributed by atoms with Crippen molar-refractivity contribution in [2.75, 3.05) is 0 Å². The number of hydrogen-bond acceptors (Lipinski definition) is 1. The third-order valence-corrected chi connectivity index (χ3v) is 2.64. The van der Waals surface area contributed by atoms with Gasteiger partial charge in [-0.1, -0.05) is 29.3 Å². The summed E-state index contributed by atoms with van der Waals surface area (Å²) in [5.41, 5.74) is 4.27. The van der Waals surface area contributed by atoms with E-state index in [1.807, 2.05) is 44.3 Å². The molecule has 1 aromatic carbocycles. The molecule has 0 aliphatic rings. The number of hydrogen-bond donors (Lipinski definition) is 0. The highest BCUT2D eigenvalue weighted by Gasteiger charge is 2.04. The van der Waals surface area contributed by atoms with Crippen LogP contribution in [0.5, 0.6) is 0 Å². The molecule has 76 valence electrons. The number of halogens is 1. The molecule has 0 bridgehead atoms. The lowest BCUT2D eigenvalue weighted by Crippen LogP contribution is -1.86. The first-order valence-electron chi connectivity index (χ1n) is 4.86. The zero-order valence-corrected chi connectivity index (χ0v) is 9.55. The average molecular weight is 218 g/mol. The standard InChI is InChI=1S/C13H12ClN/c1-9-3-5-12(14)11(7-9)13-6-4-10(2)8-15-13/h3-8H,1-2H3. The molecule has 0 fully saturated rings. The van der Waals surface area contributed by atoms with E-state index in [1.54, 1.807) is 0 Å². The minimum Gasteiger partial charge on any atom is -0.256 e. The van der Waals surface area contributed by atoms with Crippen molar-refractivity contribution in [1.29, 1.82) is 0 Å². The topological polar surface area (TPSA) is 12.9 Å². The second-order valence-electron chi connectivity index (χ2n) is 3.70. The van der Waals surface area contributed by atoms with E-state index in [0.717, 1.165) is 21.8 Å². The zero-order chi connectivity index (χ0) is 10.8. The van der Waals surface area contributed by atoms with Crippen molar-refractivity contribution in [2.45, 2.75) is 13.8 Å². The van der Waals surface area contributed by atoms with Gasteiger partial charge >= 0.3 is 0 Å². The Hall–Kier alpha value is -1.34. The third-order valence-electron chi connectivity index (χ3n) is 2.31. The predicted molar refractivity (Wildman–Crippen MR) is 64.2 cm³/mol. The molecule has 0 amide bonds. The van der Waals surface area contributed by atoms with Crippen LogP contribution in [0.1, 0.15) is 11.1 Å². The number of nitrogens with zero attached hydrogens (tertiary/aromatic N) is 1. The minimum absolute atomic E-state index is 0.747. The van der Waals surface area contributed by atoms with Gasteiger partial charge in [0.15, 0.2) is 0 Å². The fourth-order valence-corrected chi connectivity index (χ4v) is 1.68. The largest absolute Gasteiger partial charge is 0.256 e. The maximum Gasteiger partial charge on any atom is 0.0717 e. The molecule has 1 heterocycles. The predicted octanol–water partition coefficient (Wildman–Crippen LogP) is 4.02. The number of pyridine rings is 1. The molecular formula is C13H12ClN. The van der Waals surface area contributed by atoms with E-state index >= 15 is 0 Å². The lowest BCUT2D eigenvalue weighted by Gasteiger charge is -2.05. The van der Waals surface area contributed by atoms with Crippen LogP contribution < -0.4 is 0 Å². The maximum absolute atomic E-state index is 6.13. The van der Waals surface area contributed by atoms with Crippen molar-refractivity contribution in [2.24, 2.45) is 0 Å². The van der Waals surface area contributed by atoms with Gasteiger partial charge in [-0.3, -0.25) is 4.98 Å². The summed E-state index contributed by atoms with van der Waals surface area (Å²) in [4.78, 5) is 4.37. The first-order valence-corrected chi connectivity index (χ1v) is 5.24. The highest BCUT2D eigenvalue weighted by Crippen LogP contribution is 2.27. The Kier molecular flexibility index (Phi) is 2.74. The van der Waals surface area contributed by atoms with E-state index in [4.69, 9.17) is 11.6 Å². The van der Waals surface area contributed by atoms with E-state index in [1.165, 1.54) is 5.56 Å². The van der Waals surface area contributed by atoms with Crippen molar-refractivity contribution in [3.63, 3.8) is 0 Å². The average Bonchev–Trinajstić information content (AvgIpc) is 2.23. The molecule has 2 rings (SSSR count).